The minimum Gasteiger partial charge on any atom is -0.379 e. The zero-order chi connectivity index (χ0) is 9.23. The average molecular weight is 179 g/mol. The molecule has 1 unspecified atom stereocenters. The van der Waals surface area contributed by atoms with E-state index >= 15 is 0 Å². The Kier molecular flexibility index (Phi) is 8.76. The number of nitrogens with two attached hydrogens (primary N) is 1. The summed E-state index contributed by atoms with van der Waals surface area (Å²) < 4.78 is 22.5. The summed E-state index contributed by atoms with van der Waals surface area (Å²) in [6, 6.07) is 0. The second-order valence-electron chi connectivity index (χ2n) is 2.52. The predicted molar refractivity (Wildman–Crippen MR) is 45.9 cm³/mol. The summed E-state index contributed by atoms with van der Waals surface area (Å²) in [7, 11) is 0. The van der Waals surface area contributed by atoms with Gasteiger partial charge in [0.25, 0.3) is 0 Å². The Morgan fingerprint density at radius 1 is 1.25 bits per heavy atom. The molecule has 12 heavy (non-hydrogen) atoms. The molecule has 0 fully saturated rings. The highest BCUT2D eigenvalue weighted by atomic mass is 19.1. The molecule has 0 amide bonds. The first-order valence-electron chi connectivity index (χ1n) is 4.30. The van der Waals surface area contributed by atoms with E-state index in [-0.39, 0.29) is 13.2 Å². The van der Waals surface area contributed by atoms with Crippen molar-refractivity contribution in [2.24, 2.45) is 5.73 Å². The van der Waals surface area contributed by atoms with Crippen LogP contribution in [0.4, 0.5) is 4.39 Å². The smallest absolute Gasteiger partial charge is 0.135 e. The number of hydrogen-bond donors (Lipinski definition) is 1. The summed E-state index contributed by atoms with van der Waals surface area (Å²) in [6.45, 7) is 3.85. The van der Waals surface area contributed by atoms with Crippen molar-refractivity contribution in [1.82, 2.24) is 0 Å². The van der Waals surface area contributed by atoms with E-state index in [1.165, 1.54) is 0 Å². The highest BCUT2D eigenvalue weighted by molar-refractivity contribution is 4.52. The second kappa shape index (κ2) is 8.90. The molecule has 0 aromatic carbocycles. The topological polar surface area (TPSA) is 44.5 Å². The maximum absolute atomic E-state index is 12.4. The van der Waals surface area contributed by atoms with Gasteiger partial charge >= 0.3 is 0 Å². The van der Waals surface area contributed by atoms with E-state index in [1.807, 2.05) is 6.92 Å². The third kappa shape index (κ3) is 7.91. The minimum absolute atomic E-state index is 0.0236. The Morgan fingerprint density at radius 2 is 1.92 bits per heavy atom. The monoisotopic (exact) mass is 179 g/mol. The highest BCUT2D eigenvalue weighted by Gasteiger charge is 2.01. The fraction of sp³-hybridized carbons (Fsp3) is 1.00. The van der Waals surface area contributed by atoms with E-state index < -0.39 is 6.17 Å². The first-order chi connectivity index (χ1) is 5.81. The van der Waals surface area contributed by atoms with Gasteiger partial charge in [0.15, 0.2) is 0 Å². The van der Waals surface area contributed by atoms with Gasteiger partial charge in [0.2, 0.25) is 0 Å². The summed E-state index contributed by atoms with van der Waals surface area (Å²) in [5.74, 6) is 0. The van der Waals surface area contributed by atoms with E-state index in [0.717, 1.165) is 13.0 Å². The Bertz CT molecular complexity index is 93.1. The molecule has 4 heteroatoms. The van der Waals surface area contributed by atoms with Gasteiger partial charge in [-0.15, -0.1) is 0 Å². The van der Waals surface area contributed by atoms with Crippen molar-refractivity contribution in [1.29, 1.82) is 0 Å². The van der Waals surface area contributed by atoms with Crippen LogP contribution < -0.4 is 5.73 Å². The van der Waals surface area contributed by atoms with Crippen molar-refractivity contribution in [2.45, 2.75) is 19.5 Å². The molecular weight excluding hydrogens is 161 g/mol. The van der Waals surface area contributed by atoms with Crippen LogP contribution in [0.2, 0.25) is 0 Å². The molecule has 0 aromatic rings. The second-order valence-corrected chi connectivity index (χ2v) is 2.52. The van der Waals surface area contributed by atoms with Crippen LogP contribution in [0.5, 0.6) is 0 Å². The fourth-order valence-electron chi connectivity index (χ4n) is 0.644. The van der Waals surface area contributed by atoms with Crippen LogP contribution in [0.1, 0.15) is 13.3 Å². The van der Waals surface area contributed by atoms with E-state index in [9.17, 15) is 4.39 Å². The van der Waals surface area contributed by atoms with Crippen LogP contribution in [0, 0.1) is 0 Å². The number of ether oxygens (including phenoxy) is 2. The summed E-state index contributed by atoms with van der Waals surface area (Å²) in [5, 5.41) is 0. The summed E-state index contributed by atoms with van der Waals surface area (Å²) in [6.07, 6.45) is -0.0506. The zero-order valence-corrected chi connectivity index (χ0v) is 7.59. The zero-order valence-electron chi connectivity index (χ0n) is 7.59. The van der Waals surface area contributed by atoms with E-state index in [1.54, 1.807) is 0 Å². The molecule has 0 saturated heterocycles. The molecule has 0 aromatic heterocycles. The molecule has 0 rings (SSSR count). The van der Waals surface area contributed by atoms with Gasteiger partial charge in [0.05, 0.1) is 19.8 Å². The maximum Gasteiger partial charge on any atom is 0.135 e. The van der Waals surface area contributed by atoms with Gasteiger partial charge in [-0.25, -0.2) is 4.39 Å². The lowest BCUT2D eigenvalue weighted by molar-refractivity contribution is 0.0279. The van der Waals surface area contributed by atoms with Crippen LogP contribution in [0.15, 0.2) is 0 Å². The lowest BCUT2D eigenvalue weighted by Gasteiger charge is -2.06. The Labute approximate surface area is 73.0 Å². The van der Waals surface area contributed by atoms with Gasteiger partial charge in [-0.3, -0.25) is 0 Å². The molecule has 0 heterocycles. The van der Waals surface area contributed by atoms with Crippen LogP contribution in [-0.4, -0.2) is 39.1 Å². The van der Waals surface area contributed by atoms with Gasteiger partial charge in [-0.2, -0.15) is 0 Å². The van der Waals surface area contributed by atoms with Gasteiger partial charge in [-0.1, -0.05) is 6.92 Å². The lowest BCUT2D eigenvalue weighted by atomic mass is 10.4. The number of rotatable bonds is 8. The van der Waals surface area contributed by atoms with Crippen molar-refractivity contribution in [3.05, 3.63) is 0 Å². The Morgan fingerprint density at radius 3 is 2.50 bits per heavy atom. The van der Waals surface area contributed by atoms with Crippen LogP contribution in [0.25, 0.3) is 0 Å². The third-order valence-electron chi connectivity index (χ3n) is 1.27. The first kappa shape index (κ1) is 11.8. The van der Waals surface area contributed by atoms with Gasteiger partial charge < -0.3 is 15.2 Å². The van der Waals surface area contributed by atoms with Crippen LogP contribution in [0.3, 0.4) is 0 Å². The third-order valence-corrected chi connectivity index (χ3v) is 1.27. The molecule has 1 atom stereocenters. The van der Waals surface area contributed by atoms with Crippen molar-refractivity contribution in [2.75, 3.05) is 33.0 Å². The molecule has 0 aliphatic heterocycles. The largest absolute Gasteiger partial charge is 0.379 e. The van der Waals surface area contributed by atoms with Gasteiger partial charge in [-0.05, 0) is 6.42 Å². The Hall–Kier alpha value is -0.190. The summed E-state index contributed by atoms with van der Waals surface area (Å²) >= 11 is 0. The maximum atomic E-state index is 12.4. The molecule has 3 nitrogen and oxygen atoms in total. The average Bonchev–Trinajstić information content (AvgIpc) is 2.10. The first-order valence-corrected chi connectivity index (χ1v) is 4.30. The summed E-state index contributed by atoms with van der Waals surface area (Å²) in [4.78, 5) is 0. The van der Waals surface area contributed by atoms with E-state index in [2.05, 4.69) is 0 Å². The SMILES string of the molecule is CCCOCCOCC(F)CN. The molecule has 0 bridgehead atoms. The molecule has 2 N–H and O–H groups in total. The predicted octanol–water partition coefficient (Wildman–Crippen LogP) is 0.726. The Balaban J connectivity index is 2.90. The van der Waals surface area contributed by atoms with Crippen LogP contribution >= 0.6 is 0 Å². The highest BCUT2D eigenvalue weighted by Crippen LogP contribution is 1.89. The molecule has 0 spiro atoms. The standard InChI is InChI=1S/C8H18FNO2/c1-2-3-11-4-5-12-7-8(9)6-10/h8H,2-7,10H2,1H3. The van der Waals surface area contributed by atoms with Gasteiger partial charge in [0, 0.05) is 13.2 Å². The number of halogens is 1. The minimum atomic E-state index is -1.05. The van der Waals surface area contributed by atoms with Crippen molar-refractivity contribution >= 4 is 0 Å². The molecule has 0 radical (unpaired) electrons. The normalized spacial score (nSPS) is 13.2. The van der Waals surface area contributed by atoms with Crippen molar-refractivity contribution in [3.63, 3.8) is 0 Å². The van der Waals surface area contributed by atoms with Crippen LogP contribution in [-0.2, 0) is 9.47 Å². The summed E-state index contributed by atoms with van der Waals surface area (Å²) in [5.41, 5.74) is 5.05. The molecule has 0 aliphatic carbocycles. The van der Waals surface area contributed by atoms with E-state index in [4.69, 9.17) is 15.2 Å². The van der Waals surface area contributed by atoms with Crippen molar-refractivity contribution in [3.8, 4) is 0 Å². The fourth-order valence-corrected chi connectivity index (χ4v) is 0.644. The number of alkyl halides is 1. The molecule has 74 valence electrons. The quantitative estimate of drug-likeness (QED) is 0.558. The number of hydrogen-bond acceptors (Lipinski definition) is 3. The lowest BCUT2D eigenvalue weighted by Crippen LogP contribution is -2.22. The van der Waals surface area contributed by atoms with Gasteiger partial charge in [0.1, 0.15) is 6.17 Å². The molecule has 0 saturated carbocycles. The molecular formula is C8H18FNO2. The van der Waals surface area contributed by atoms with Crippen molar-refractivity contribution < 1.29 is 13.9 Å². The molecule has 0 aliphatic rings. The van der Waals surface area contributed by atoms with E-state index in [0.29, 0.717) is 13.2 Å².